The minimum atomic E-state index is -3.60. The molecule has 0 saturated carbocycles. The third kappa shape index (κ3) is 3.53. The summed E-state index contributed by atoms with van der Waals surface area (Å²) in [5.41, 5.74) is 5.99. The molecule has 0 aromatic heterocycles. The molecule has 0 saturated heterocycles. The summed E-state index contributed by atoms with van der Waals surface area (Å²) < 4.78 is 27.9. The molecule has 0 heterocycles. The van der Waals surface area contributed by atoms with Gasteiger partial charge in [-0.3, -0.25) is 4.18 Å². The number of nitrogens with two attached hydrogens (primary N) is 1. The molecule has 0 aliphatic carbocycles. The average molecular weight is 229 g/mol. The van der Waals surface area contributed by atoms with E-state index in [0.717, 1.165) is 12.8 Å². The number of nitrogen functional groups attached to an aromatic ring is 1. The Morgan fingerprint density at radius 3 is 2.40 bits per heavy atom. The first kappa shape index (κ1) is 12.0. The van der Waals surface area contributed by atoms with Crippen LogP contribution in [-0.2, 0) is 14.3 Å². The zero-order chi connectivity index (χ0) is 11.3. The largest absolute Gasteiger partial charge is 0.399 e. The molecule has 1 rings (SSSR count). The third-order valence-electron chi connectivity index (χ3n) is 1.91. The smallest absolute Gasteiger partial charge is 0.296 e. The van der Waals surface area contributed by atoms with E-state index in [1.165, 1.54) is 24.3 Å². The predicted molar refractivity (Wildman–Crippen MR) is 58.9 cm³/mol. The fourth-order valence-corrected chi connectivity index (χ4v) is 1.96. The van der Waals surface area contributed by atoms with E-state index >= 15 is 0 Å². The maximum absolute atomic E-state index is 11.6. The van der Waals surface area contributed by atoms with Gasteiger partial charge in [-0.25, -0.2) is 0 Å². The Bertz CT molecular complexity index is 397. The Balaban J connectivity index is 2.73. The first-order valence-corrected chi connectivity index (χ1v) is 6.22. The summed E-state index contributed by atoms with van der Waals surface area (Å²) in [6.07, 6.45) is 1.63. The topological polar surface area (TPSA) is 69.4 Å². The number of anilines is 1. The second-order valence-electron chi connectivity index (χ2n) is 3.20. The minimum Gasteiger partial charge on any atom is -0.399 e. The van der Waals surface area contributed by atoms with Crippen molar-refractivity contribution >= 4 is 15.8 Å². The molecule has 0 amide bonds. The minimum absolute atomic E-state index is 0.146. The Labute approximate surface area is 90.2 Å². The van der Waals surface area contributed by atoms with Crippen LogP contribution in [0.4, 0.5) is 5.69 Å². The van der Waals surface area contributed by atoms with Gasteiger partial charge in [0.2, 0.25) is 0 Å². The third-order valence-corrected chi connectivity index (χ3v) is 3.23. The van der Waals surface area contributed by atoms with Crippen LogP contribution in [0, 0.1) is 0 Å². The predicted octanol–water partition coefficient (Wildman–Crippen LogP) is 1.77. The molecular formula is C10H15NO3S. The molecule has 84 valence electrons. The highest BCUT2D eigenvalue weighted by Gasteiger charge is 2.13. The van der Waals surface area contributed by atoms with Crippen LogP contribution in [0.25, 0.3) is 0 Å². The molecule has 0 aliphatic rings. The highest BCUT2D eigenvalue weighted by molar-refractivity contribution is 7.86. The lowest BCUT2D eigenvalue weighted by Crippen LogP contribution is -2.07. The number of hydrogen-bond acceptors (Lipinski definition) is 4. The van der Waals surface area contributed by atoms with E-state index in [9.17, 15) is 8.42 Å². The zero-order valence-corrected chi connectivity index (χ0v) is 9.46. The quantitative estimate of drug-likeness (QED) is 0.474. The van der Waals surface area contributed by atoms with Crippen molar-refractivity contribution in [2.75, 3.05) is 12.3 Å². The van der Waals surface area contributed by atoms with E-state index in [4.69, 9.17) is 9.92 Å². The fraction of sp³-hybridized carbons (Fsp3) is 0.400. The lowest BCUT2D eigenvalue weighted by atomic mass is 10.3. The van der Waals surface area contributed by atoms with E-state index < -0.39 is 10.1 Å². The first-order chi connectivity index (χ1) is 7.06. The molecule has 5 heteroatoms. The molecule has 0 unspecified atom stereocenters. The van der Waals surface area contributed by atoms with E-state index in [1.54, 1.807) is 0 Å². The summed E-state index contributed by atoms with van der Waals surface area (Å²) >= 11 is 0. The second kappa shape index (κ2) is 5.14. The summed E-state index contributed by atoms with van der Waals surface area (Å²) in [5, 5.41) is 0. The van der Waals surface area contributed by atoms with Gasteiger partial charge in [0.15, 0.2) is 0 Å². The van der Waals surface area contributed by atoms with Crippen LogP contribution in [0.1, 0.15) is 19.8 Å². The normalized spacial score (nSPS) is 11.5. The number of unbranched alkanes of at least 4 members (excludes halogenated alkanes) is 1. The highest BCUT2D eigenvalue weighted by atomic mass is 32.2. The van der Waals surface area contributed by atoms with Crippen LogP contribution in [0.2, 0.25) is 0 Å². The number of rotatable bonds is 5. The van der Waals surface area contributed by atoms with Gasteiger partial charge in [0.05, 0.1) is 11.5 Å². The Morgan fingerprint density at radius 1 is 1.27 bits per heavy atom. The van der Waals surface area contributed by atoms with Crippen LogP contribution in [-0.4, -0.2) is 15.0 Å². The number of benzene rings is 1. The zero-order valence-electron chi connectivity index (χ0n) is 8.64. The van der Waals surface area contributed by atoms with Crippen molar-refractivity contribution in [2.24, 2.45) is 0 Å². The monoisotopic (exact) mass is 229 g/mol. The Kier molecular flexibility index (Phi) is 4.11. The molecule has 0 atom stereocenters. The standard InChI is InChI=1S/C10H15NO3S/c1-2-3-8-14-15(12,13)10-6-4-9(11)5-7-10/h4-7H,2-3,8,11H2,1H3. The lowest BCUT2D eigenvalue weighted by molar-refractivity contribution is 0.311. The van der Waals surface area contributed by atoms with Crippen molar-refractivity contribution in [3.63, 3.8) is 0 Å². The van der Waals surface area contributed by atoms with Crippen molar-refractivity contribution in [3.8, 4) is 0 Å². The fourth-order valence-electron chi connectivity index (χ4n) is 1.02. The molecule has 0 radical (unpaired) electrons. The Morgan fingerprint density at radius 2 is 1.87 bits per heavy atom. The van der Waals surface area contributed by atoms with Gasteiger partial charge < -0.3 is 5.73 Å². The van der Waals surface area contributed by atoms with Crippen LogP contribution in [0.5, 0.6) is 0 Å². The Hall–Kier alpha value is -1.07. The van der Waals surface area contributed by atoms with Gasteiger partial charge >= 0.3 is 0 Å². The average Bonchev–Trinajstić information content (AvgIpc) is 2.18. The molecular weight excluding hydrogens is 214 g/mol. The van der Waals surface area contributed by atoms with Crippen molar-refractivity contribution in [1.82, 2.24) is 0 Å². The summed E-state index contributed by atoms with van der Waals surface area (Å²) in [6, 6.07) is 5.96. The van der Waals surface area contributed by atoms with Crippen LogP contribution >= 0.6 is 0 Å². The van der Waals surface area contributed by atoms with Crippen LogP contribution in [0.3, 0.4) is 0 Å². The van der Waals surface area contributed by atoms with Crippen molar-refractivity contribution < 1.29 is 12.6 Å². The highest BCUT2D eigenvalue weighted by Crippen LogP contribution is 2.14. The van der Waals surface area contributed by atoms with Gasteiger partial charge in [-0.05, 0) is 30.7 Å². The molecule has 0 fully saturated rings. The maximum atomic E-state index is 11.6. The van der Waals surface area contributed by atoms with Crippen LogP contribution < -0.4 is 5.73 Å². The lowest BCUT2D eigenvalue weighted by Gasteiger charge is -2.04. The summed E-state index contributed by atoms with van der Waals surface area (Å²) in [5.74, 6) is 0. The maximum Gasteiger partial charge on any atom is 0.296 e. The van der Waals surface area contributed by atoms with Crippen molar-refractivity contribution in [1.29, 1.82) is 0 Å². The molecule has 4 nitrogen and oxygen atoms in total. The van der Waals surface area contributed by atoms with Gasteiger partial charge in [-0.1, -0.05) is 13.3 Å². The van der Waals surface area contributed by atoms with Gasteiger partial charge in [0.25, 0.3) is 10.1 Å². The summed E-state index contributed by atoms with van der Waals surface area (Å²) in [4.78, 5) is 0.146. The van der Waals surface area contributed by atoms with Crippen molar-refractivity contribution in [3.05, 3.63) is 24.3 Å². The molecule has 0 aliphatic heterocycles. The van der Waals surface area contributed by atoms with Crippen molar-refractivity contribution in [2.45, 2.75) is 24.7 Å². The van der Waals surface area contributed by atoms with Gasteiger partial charge in [-0.2, -0.15) is 8.42 Å². The summed E-state index contributed by atoms with van der Waals surface area (Å²) in [6.45, 7) is 2.20. The molecule has 1 aromatic rings. The van der Waals surface area contributed by atoms with E-state index in [2.05, 4.69) is 0 Å². The van der Waals surface area contributed by atoms with Gasteiger partial charge in [0.1, 0.15) is 0 Å². The van der Waals surface area contributed by atoms with Gasteiger partial charge in [0, 0.05) is 5.69 Å². The van der Waals surface area contributed by atoms with E-state index in [-0.39, 0.29) is 11.5 Å². The summed E-state index contributed by atoms with van der Waals surface area (Å²) in [7, 11) is -3.60. The molecule has 15 heavy (non-hydrogen) atoms. The molecule has 0 bridgehead atoms. The molecule has 1 aromatic carbocycles. The SMILES string of the molecule is CCCCOS(=O)(=O)c1ccc(N)cc1. The molecule has 2 N–H and O–H groups in total. The van der Waals surface area contributed by atoms with Crippen LogP contribution in [0.15, 0.2) is 29.2 Å². The second-order valence-corrected chi connectivity index (χ2v) is 4.81. The molecule has 0 spiro atoms. The van der Waals surface area contributed by atoms with E-state index in [1.807, 2.05) is 6.92 Å². The first-order valence-electron chi connectivity index (χ1n) is 4.81. The van der Waals surface area contributed by atoms with Gasteiger partial charge in [-0.15, -0.1) is 0 Å². The number of hydrogen-bond donors (Lipinski definition) is 1. The van der Waals surface area contributed by atoms with E-state index in [0.29, 0.717) is 5.69 Å².